The van der Waals surface area contributed by atoms with E-state index >= 15 is 0 Å². The summed E-state index contributed by atoms with van der Waals surface area (Å²) in [5, 5.41) is 1.30. The summed E-state index contributed by atoms with van der Waals surface area (Å²) in [4.78, 5) is 0. The number of nitrogens with zero attached hydrogens (tertiary/aromatic N) is 1. The van der Waals surface area contributed by atoms with Gasteiger partial charge in [0.1, 0.15) is 5.75 Å². The number of hydrogen-bond donors (Lipinski definition) is 0. The first-order valence-electron chi connectivity index (χ1n) is 11.4. The number of aromatic nitrogens is 1. The third kappa shape index (κ3) is 3.35. The number of allylic oxidation sites excluding steroid dienone is 5. The molecule has 1 aliphatic heterocycles. The number of benzene rings is 3. The van der Waals surface area contributed by atoms with Crippen LogP contribution in [0.15, 0.2) is 103 Å². The minimum Gasteiger partial charge on any atom is -0.464 e. The van der Waals surface area contributed by atoms with Crippen LogP contribution in [0, 0.1) is 0 Å². The number of ether oxygens (including phenoxy) is 1. The molecule has 0 saturated heterocycles. The highest BCUT2D eigenvalue weighted by molar-refractivity contribution is 5.96. The minimum atomic E-state index is 0.830. The molecule has 3 aromatic carbocycles. The fourth-order valence-electron chi connectivity index (χ4n) is 4.94. The average Bonchev–Trinajstić information content (AvgIpc) is 3.16. The van der Waals surface area contributed by atoms with Gasteiger partial charge < -0.3 is 9.30 Å². The molecule has 1 aliphatic carbocycles. The van der Waals surface area contributed by atoms with Gasteiger partial charge in [-0.05, 0) is 78.9 Å². The van der Waals surface area contributed by atoms with Gasteiger partial charge in [-0.1, -0.05) is 60.7 Å². The number of hydrogen-bond acceptors (Lipinski definition) is 1. The van der Waals surface area contributed by atoms with Crippen molar-refractivity contribution < 1.29 is 4.74 Å². The highest BCUT2D eigenvalue weighted by Gasteiger charge is 2.20. The third-order valence-corrected chi connectivity index (χ3v) is 6.61. The van der Waals surface area contributed by atoms with Crippen molar-refractivity contribution in [1.82, 2.24) is 4.57 Å². The van der Waals surface area contributed by atoms with Crippen LogP contribution in [0.3, 0.4) is 0 Å². The van der Waals surface area contributed by atoms with Crippen LogP contribution in [-0.2, 0) is 6.42 Å². The summed E-state index contributed by atoms with van der Waals surface area (Å²) in [6.45, 7) is 6.47. The summed E-state index contributed by atoms with van der Waals surface area (Å²) < 4.78 is 8.23. The van der Waals surface area contributed by atoms with Gasteiger partial charge in [-0.25, -0.2) is 0 Å². The molecule has 2 aliphatic rings. The van der Waals surface area contributed by atoms with E-state index in [1.807, 2.05) is 24.3 Å². The zero-order valence-corrected chi connectivity index (χ0v) is 18.7. The summed E-state index contributed by atoms with van der Waals surface area (Å²) in [6, 6.07) is 23.9. The van der Waals surface area contributed by atoms with Gasteiger partial charge >= 0.3 is 0 Å². The first kappa shape index (κ1) is 19.6. The summed E-state index contributed by atoms with van der Waals surface area (Å²) in [5.74, 6) is 0.830. The van der Waals surface area contributed by atoms with Crippen molar-refractivity contribution in [2.24, 2.45) is 0 Å². The molecule has 6 rings (SSSR count). The molecule has 0 amide bonds. The molecule has 0 atom stereocenters. The maximum Gasteiger partial charge on any atom is 0.134 e. The molecule has 0 bridgehead atoms. The van der Waals surface area contributed by atoms with Crippen LogP contribution in [0.4, 0.5) is 0 Å². The Hall–Kier alpha value is -4.04. The van der Waals surface area contributed by atoms with E-state index in [4.69, 9.17) is 4.74 Å². The maximum atomic E-state index is 5.79. The number of fused-ring (bicyclic) bond motifs is 4. The highest BCUT2D eigenvalue weighted by atomic mass is 16.5. The van der Waals surface area contributed by atoms with Crippen molar-refractivity contribution in [3.05, 3.63) is 120 Å². The van der Waals surface area contributed by atoms with Gasteiger partial charge in [0.25, 0.3) is 0 Å². The quantitative estimate of drug-likeness (QED) is 0.315. The normalized spacial score (nSPS) is 16.8. The van der Waals surface area contributed by atoms with Crippen LogP contribution < -0.4 is 4.74 Å². The van der Waals surface area contributed by atoms with E-state index < -0.39 is 0 Å². The Labute approximate surface area is 194 Å². The predicted molar refractivity (Wildman–Crippen MR) is 139 cm³/mol. The fraction of sp³-hybridized carbons (Fsp3) is 0.0968. The van der Waals surface area contributed by atoms with E-state index in [2.05, 4.69) is 84.8 Å². The minimum absolute atomic E-state index is 0.830. The van der Waals surface area contributed by atoms with E-state index in [0.717, 1.165) is 35.3 Å². The van der Waals surface area contributed by atoms with Crippen molar-refractivity contribution in [3.8, 4) is 22.6 Å². The lowest BCUT2D eigenvalue weighted by Crippen LogP contribution is -2.04. The Balaban J connectivity index is 1.55. The molecule has 0 fully saturated rings. The first-order valence-corrected chi connectivity index (χ1v) is 11.4. The van der Waals surface area contributed by atoms with Gasteiger partial charge in [0, 0.05) is 27.9 Å². The fourth-order valence-corrected chi connectivity index (χ4v) is 4.94. The van der Waals surface area contributed by atoms with Crippen LogP contribution in [0.2, 0.25) is 0 Å². The van der Waals surface area contributed by atoms with E-state index in [1.165, 1.54) is 39.0 Å². The summed E-state index contributed by atoms with van der Waals surface area (Å²) >= 11 is 0. The summed E-state index contributed by atoms with van der Waals surface area (Å²) in [5.41, 5.74) is 11.0. The Kier molecular flexibility index (Phi) is 4.66. The molecule has 0 N–H and O–H groups in total. The zero-order valence-electron chi connectivity index (χ0n) is 18.7. The Morgan fingerprint density at radius 1 is 0.879 bits per heavy atom. The Morgan fingerprint density at radius 2 is 1.70 bits per heavy atom. The maximum absolute atomic E-state index is 5.79. The molecule has 33 heavy (non-hydrogen) atoms. The lowest BCUT2D eigenvalue weighted by Gasteiger charge is -2.15. The SMILES string of the molecule is C=C1/C=C\C=C/Oc2ccc(-c3ccc4c(c3)c3c(n4-c4ccccc4)CCC(C)=C3)cc21. The van der Waals surface area contributed by atoms with Crippen molar-refractivity contribution >= 4 is 22.6 Å². The molecule has 0 radical (unpaired) electrons. The zero-order chi connectivity index (χ0) is 22.4. The number of para-hydroxylation sites is 1. The Morgan fingerprint density at radius 3 is 2.58 bits per heavy atom. The van der Waals surface area contributed by atoms with Gasteiger partial charge in [0.2, 0.25) is 0 Å². The van der Waals surface area contributed by atoms with E-state index in [9.17, 15) is 0 Å². The molecule has 2 heterocycles. The molecular weight excluding hydrogens is 402 g/mol. The second-order valence-corrected chi connectivity index (χ2v) is 8.80. The molecule has 160 valence electrons. The molecule has 0 spiro atoms. The third-order valence-electron chi connectivity index (χ3n) is 6.61. The van der Waals surface area contributed by atoms with Gasteiger partial charge in [-0.15, -0.1) is 0 Å². The van der Waals surface area contributed by atoms with Gasteiger partial charge in [0.15, 0.2) is 0 Å². The van der Waals surface area contributed by atoms with Crippen LogP contribution in [0.25, 0.3) is 39.4 Å². The second-order valence-electron chi connectivity index (χ2n) is 8.80. The van der Waals surface area contributed by atoms with Crippen LogP contribution in [0.1, 0.15) is 30.2 Å². The van der Waals surface area contributed by atoms with E-state index in [-0.39, 0.29) is 0 Å². The number of rotatable bonds is 2. The standard InChI is InChI=1S/C31H25NO/c1-21-11-14-29-27(18-21)28-20-23(12-15-30(28)32(29)25-9-4-3-5-10-25)24-13-16-31-26(19-24)22(2)8-6-7-17-33-31/h3-10,12-13,15-20H,2,11,14H2,1H3/b8-6-,17-7-. The molecule has 2 nitrogen and oxygen atoms in total. The summed E-state index contributed by atoms with van der Waals surface area (Å²) in [6.07, 6.45) is 12.1. The molecular formula is C31H25NO. The average molecular weight is 428 g/mol. The lowest BCUT2D eigenvalue weighted by atomic mass is 9.94. The van der Waals surface area contributed by atoms with Crippen molar-refractivity contribution in [3.63, 3.8) is 0 Å². The second kappa shape index (κ2) is 7.83. The molecule has 0 unspecified atom stereocenters. The van der Waals surface area contributed by atoms with Crippen LogP contribution in [0.5, 0.6) is 5.75 Å². The lowest BCUT2D eigenvalue weighted by molar-refractivity contribution is 0.479. The van der Waals surface area contributed by atoms with Gasteiger partial charge in [-0.3, -0.25) is 0 Å². The Bertz CT molecular complexity index is 1500. The largest absolute Gasteiger partial charge is 0.464 e. The van der Waals surface area contributed by atoms with Crippen molar-refractivity contribution in [1.29, 1.82) is 0 Å². The van der Waals surface area contributed by atoms with Gasteiger partial charge in [-0.2, -0.15) is 0 Å². The molecule has 4 aromatic rings. The van der Waals surface area contributed by atoms with Crippen LogP contribution in [-0.4, -0.2) is 4.57 Å². The first-order chi connectivity index (χ1) is 16.2. The molecule has 0 saturated carbocycles. The smallest absolute Gasteiger partial charge is 0.134 e. The van der Waals surface area contributed by atoms with E-state index in [1.54, 1.807) is 6.26 Å². The topological polar surface area (TPSA) is 14.2 Å². The van der Waals surface area contributed by atoms with Crippen molar-refractivity contribution in [2.45, 2.75) is 19.8 Å². The monoisotopic (exact) mass is 427 g/mol. The molecule has 2 heteroatoms. The van der Waals surface area contributed by atoms with Crippen molar-refractivity contribution in [2.75, 3.05) is 0 Å². The van der Waals surface area contributed by atoms with Crippen LogP contribution >= 0.6 is 0 Å². The van der Waals surface area contributed by atoms with Gasteiger partial charge in [0.05, 0.1) is 11.8 Å². The predicted octanol–water partition coefficient (Wildman–Crippen LogP) is 8.12. The highest BCUT2D eigenvalue weighted by Crippen LogP contribution is 2.39. The van der Waals surface area contributed by atoms with E-state index in [0.29, 0.717) is 0 Å². The molecule has 1 aromatic heterocycles. The summed E-state index contributed by atoms with van der Waals surface area (Å²) in [7, 11) is 0.